The fourth-order valence-corrected chi connectivity index (χ4v) is 2.09. The van der Waals surface area contributed by atoms with Gasteiger partial charge >= 0.3 is 0 Å². The van der Waals surface area contributed by atoms with Crippen LogP contribution in [0.2, 0.25) is 0 Å². The van der Waals surface area contributed by atoms with Gasteiger partial charge in [0.2, 0.25) is 0 Å². The molecule has 0 N–H and O–H groups in total. The summed E-state index contributed by atoms with van der Waals surface area (Å²) in [6, 6.07) is 4.11. The van der Waals surface area contributed by atoms with Gasteiger partial charge < -0.3 is 9.47 Å². The monoisotopic (exact) mass is 281 g/mol. The Morgan fingerprint density at radius 1 is 1.20 bits per heavy atom. The van der Waals surface area contributed by atoms with E-state index in [9.17, 15) is 14.0 Å². The SMILES string of the molecule is COCCCOCCN1C(=O)C(=O)c2cccc(F)c21. The highest BCUT2D eigenvalue weighted by Crippen LogP contribution is 2.31. The molecule has 2 rings (SSSR count). The molecule has 0 aromatic heterocycles. The number of hydrogen-bond acceptors (Lipinski definition) is 4. The molecule has 0 saturated heterocycles. The van der Waals surface area contributed by atoms with Gasteiger partial charge in [-0.15, -0.1) is 0 Å². The number of ether oxygens (including phenoxy) is 2. The van der Waals surface area contributed by atoms with Crippen LogP contribution < -0.4 is 4.90 Å². The van der Waals surface area contributed by atoms with E-state index in [1.807, 2.05) is 0 Å². The summed E-state index contributed by atoms with van der Waals surface area (Å²) in [5, 5.41) is 0. The highest BCUT2D eigenvalue weighted by atomic mass is 19.1. The van der Waals surface area contributed by atoms with Crippen LogP contribution in [0.5, 0.6) is 0 Å². The topological polar surface area (TPSA) is 55.8 Å². The maximum atomic E-state index is 13.8. The van der Waals surface area contributed by atoms with E-state index in [1.165, 1.54) is 18.2 Å². The van der Waals surface area contributed by atoms with Crippen molar-refractivity contribution in [2.24, 2.45) is 0 Å². The van der Waals surface area contributed by atoms with Gasteiger partial charge in [0.25, 0.3) is 11.7 Å². The first-order valence-electron chi connectivity index (χ1n) is 6.38. The zero-order valence-electron chi connectivity index (χ0n) is 11.2. The molecule has 0 spiro atoms. The van der Waals surface area contributed by atoms with E-state index in [0.29, 0.717) is 13.2 Å². The molecule has 1 heterocycles. The minimum Gasteiger partial charge on any atom is -0.385 e. The van der Waals surface area contributed by atoms with Crippen molar-refractivity contribution in [3.8, 4) is 0 Å². The summed E-state index contributed by atoms with van der Waals surface area (Å²) in [4.78, 5) is 24.7. The summed E-state index contributed by atoms with van der Waals surface area (Å²) in [6.07, 6.45) is 0.744. The van der Waals surface area contributed by atoms with Crippen molar-refractivity contribution in [2.75, 3.05) is 38.4 Å². The smallest absolute Gasteiger partial charge is 0.299 e. The number of fused-ring (bicyclic) bond motifs is 1. The molecule has 0 aliphatic carbocycles. The van der Waals surface area contributed by atoms with Gasteiger partial charge in [-0.3, -0.25) is 14.5 Å². The number of nitrogens with zero attached hydrogens (tertiary/aromatic N) is 1. The Morgan fingerprint density at radius 3 is 2.75 bits per heavy atom. The van der Waals surface area contributed by atoms with Gasteiger partial charge in [-0.1, -0.05) is 6.07 Å². The minimum absolute atomic E-state index is 0.0583. The number of carbonyl (C=O) groups is 2. The number of para-hydroxylation sites is 1. The van der Waals surface area contributed by atoms with Crippen LogP contribution in [0.3, 0.4) is 0 Å². The van der Waals surface area contributed by atoms with E-state index in [1.54, 1.807) is 7.11 Å². The molecule has 1 aromatic carbocycles. The van der Waals surface area contributed by atoms with Crippen molar-refractivity contribution in [1.82, 2.24) is 0 Å². The van der Waals surface area contributed by atoms with Crippen molar-refractivity contribution in [3.05, 3.63) is 29.6 Å². The fraction of sp³-hybridized carbons (Fsp3) is 0.429. The molecular weight excluding hydrogens is 265 g/mol. The molecule has 6 heteroatoms. The third-order valence-electron chi connectivity index (χ3n) is 3.04. The highest BCUT2D eigenvalue weighted by Gasteiger charge is 2.37. The van der Waals surface area contributed by atoms with Crippen molar-refractivity contribution < 1.29 is 23.5 Å². The van der Waals surface area contributed by atoms with Crippen molar-refractivity contribution in [1.29, 1.82) is 0 Å². The summed E-state index contributed by atoms with van der Waals surface area (Å²) in [5.74, 6) is -1.94. The average molecular weight is 281 g/mol. The third kappa shape index (κ3) is 2.86. The molecule has 1 aliphatic heterocycles. The van der Waals surface area contributed by atoms with Gasteiger partial charge in [-0.2, -0.15) is 0 Å². The Morgan fingerprint density at radius 2 is 2.00 bits per heavy atom. The van der Waals surface area contributed by atoms with Gasteiger partial charge in [0.05, 0.1) is 17.9 Å². The number of carbonyl (C=O) groups excluding carboxylic acids is 2. The molecule has 0 bridgehead atoms. The molecule has 108 valence electrons. The van der Waals surface area contributed by atoms with E-state index in [-0.39, 0.29) is 24.4 Å². The normalized spacial score (nSPS) is 14.0. The highest BCUT2D eigenvalue weighted by molar-refractivity contribution is 6.52. The second-order valence-corrected chi connectivity index (χ2v) is 4.38. The van der Waals surface area contributed by atoms with Crippen LogP contribution in [-0.4, -0.2) is 45.2 Å². The third-order valence-corrected chi connectivity index (χ3v) is 3.04. The number of ketones is 1. The molecule has 1 aliphatic rings. The number of rotatable bonds is 7. The van der Waals surface area contributed by atoms with Crippen LogP contribution in [0.4, 0.5) is 10.1 Å². The molecule has 5 nitrogen and oxygen atoms in total. The van der Waals surface area contributed by atoms with E-state index in [0.717, 1.165) is 11.3 Å². The quantitative estimate of drug-likeness (QED) is 0.560. The van der Waals surface area contributed by atoms with E-state index in [4.69, 9.17) is 9.47 Å². The van der Waals surface area contributed by atoms with Gasteiger partial charge in [0.15, 0.2) is 0 Å². The van der Waals surface area contributed by atoms with Gasteiger partial charge in [-0.25, -0.2) is 4.39 Å². The zero-order valence-corrected chi connectivity index (χ0v) is 11.2. The van der Waals surface area contributed by atoms with Crippen LogP contribution in [-0.2, 0) is 14.3 Å². The molecule has 0 radical (unpaired) electrons. The molecule has 1 amide bonds. The summed E-state index contributed by atoms with van der Waals surface area (Å²) in [6.45, 7) is 1.49. The second-order valence-electron chi connectivity index (χ2n) is 4.38. The lowest BCUT2D eigenvalue weighted by molar-refractivity contribution is -0.114. The van der Waals surface area contributed by atoms with Crippen LogP contribution in [0, 0.1) is 5.82 Å². The van der Waals surface area contributed by atoms with Crippen LogP contribution in [0.25, 0.3) is 0 Å². The summed E-state index contributed by atoms with van der Waals surface area (Å²) >= 11 is 0. The van der Waals surface area contributed by atoms with Crippen LogP contribution >= 0.6 is 0 Å². The minimum atomic E-state index is -0.703. The van der Waals surface area contributed by atoms with E-state index < -0.39 is 17.5 Å². The fourth-order valence-electron chi connectivity index (χ4n) is 2.09. The van der Waals surface area contributed by atoms with Crippen molar-refractivity contribution in [3.63, 3.8) is 0 Å². The molecule has 0 fully saturated rings. The lowest BCUT2D eigenvalue weighted by Crippen LogP contribution is -2.33. The maximum absolute atomic E-state index is 13.8. The molecule has 20 heavy (non-hydrogen) atoms. The number of benzene rings is 1. The second kappa shape index (κ2) is 6.58. The first kappa shape index (κ1) is 14.6. The Kier molecular flexibility index (Phi) is 4.81. The zero-order chi connectivity index (χ0) is 14.5. The summed E-state index contributed by atoms with van der Waals surface area (Å²) in [7, 11) is 1.61. The summed E-state index contributed by atoms with van der Waals surface area (Å²) < 4.78 is 24.0. The maximum Gasteiger partial charge on any atom is 0.299 e. The molecule has 1 aromatic rings. The molecular formula is C14H16FNO4. The van der Waals surface area contributed by atoms with E-state index in [2.05, 4.69) is 0 Å². The number of methoxy groups -OCH3 is 1. The first-order chi connectivity index (χ1) is 9.66. The molecule has 0 atom stereocenters. The average Bonchev–Trinajstić information content (AvgIpc) is 2.69. The number of halogens is 1. The Bertz CT molecular complexity index is 518. The van der Waals surface area contributed by atoms with Gasteiger partial charge in [0.1, 0.15) is 5.82 Å². The lowest BCUT2D eigenvalue weighted by atomic mass is 10.1. The first-order valence-corrected chi connectivity index (χ1v) is 6.38. The van der Waals surface area contributed by atoms with E-state index >= 15 is 0 Å². The number of amides is 1. The number of anilines is 1. The Hall–Kier alpha value is -1.79. The number of Topliss-reactive ketones (excluding diaryl/α,β-unsaturated/α-hetero) is 1. The molecule has 0 unspecified atom stereocenters. The van der Waals surface area contributed by atoms with Crippen LogP contribution in [0.15, 0.2) is 18.2 Å². The van der Waals surface area contributed by atoms with Gasteiger partial charge in [0, 0.05) is 26.9 Å². The standard InChI is InChI=1S/C14H16FNO4/c1-19-7-3-8-20-9-6-16-12-10(13(17)14(16)18)4-2-5-11(12)15/h2,4-5H,3,6-9H2,1H3. The van der Waals surface area contributed by atoms with Crippen molar-refractivity contribution in [2.45, 2.75) is 6.42 Å². The Balaban J connectivity index is 1.96. The molecule has 0 saturated carbocycles. The number of hydrogen-bond donors (Lipinski definition) is 0. The summed E-state index contributed by atoms with van der Waals surface area (Å²) in [5.41, 5.74) is 0.178. The van der Waals surface area contributed by atoms with Crippen LogP contribution in [0.1, 0.15) is 16.8 Å². The largest absolute Gasteiger partial charge is 0.385 e. The Labute approximate surface area is 116 Å². The lowest BCUT2D eigenvalue weighted by Gasteiger charge is -2.16. The predicted molar refractivity (Wildman–Crippen MR) is 70.4 cm³/mol. The van der Waals surface area contributed by atoms with Crippen molar-refractivity contribution >= 4 is 17.4 Å². The van der Waals surface area contributed by atoms with Gasteiger partial charge in [-0.05, 0) is 18.6 Å². The predicted octanol–water partition coefficient (Wildman–Crippen LogP) is 1.41.